The molecule has 3 atom stereocenters. The quantitative estimate of drug-likeness (QED) is 0.900. The van der Waals surface area contributed by atoms with Crippen molar-refractivity contribution in [3.05, 3.63) is 22.4 Å². The number of ether oxygens (including phenoxy) is 1. The second-order valence-corrected chi connectivity index (χ2v) is 8.29. The summed E-state index contributed by atoms with van der Waals surface area (Å²) in [5.74, 6) is 0.463. The van der Waals surface area contributed by atoms with Crippen molar-refractivity contribution >= 4 is 11.3 Å². The van der Waals surface area contributed by atoms with Crippen LogP contribution in [0, 0.1) is 5.92 Å². The van der Waals surface area contributed by atoms with Crippen molar-refractivity contribution in [1.29, 1.82) is 0 Å². The number of likely N-dealkylation sites (N-methyl/N-ethyl adjacent to an activating group) is 1. The minimum absolute atomic E-state index is 0.111. The van der Waals surface area contributed by atoms with Gasteiger partial charge in [-0.05, 0) is 60.2 Å². The van der Waals surface area contributed by atoms with E-state index in [1.807, 2.05) is 18.4 Å². The molecule has 1 aromatic heterocycles. The van der Waals surface area contributed by atoms with Gasteiger partial charge >= 0.3 is 0 Å². The molecule has 0 spiro atoms. The van der Waals surface area contributed by atoms with Crippen molar-refractivity contribution in [1.82, 2.24) is 10.2 Å². The molecule has 0 amide bonds. The van der Waals surface area contributed by atoms with Gasteiger partial charge in [-0.15, -0.1) is 11.3 Å². The third-order valence-electron chi connectivity index (χ3n) is 4.98. The molecule has 0 saturated carbocycles. The summed E-state index contributed by atoms with van der Waals surface area (Å²) in [5.41, 5.74) is -0.240. The van der Waals surface area contributed by atoms with Gasteiger partial charge in [-0.3, -0.25) is 4.90 Å². The molecule has 2 heterocycles. The maximum Gasteiger partial charge on any atom is 0.0790 e. The van der Waals surface area contributed by atoms with E-state index >= 15 is 0 Å². The molecule has 21 heavy (non-hydrogen) atoms. The van der Waals surface area contributed by atoms with Gasteiger partial charge in [0.25, 0.3) is 0 Å². The van der Waals surface area contributed by atoms with Crippen molar-refractivity contribution in [2.45, 2.75) is 57.9 Å². The van der Waals surface area contributed by atoms with Gasteiger partial charge in [0, 0.05) is 29.4 Å². The van der Waals surface area contributed by atoms with Crippen LogP contribution in [0.3, 0.4) is 0 Å². The Kier molecular flexibility index (Phi) is 4.84. The van der Waals surface area contributed by atoms with Crippen molar-refractivity contribution in [3.8, 4) is 0 Å². The predicted molar refractivity (Wildman–Crippen MR) is 90.9 cm³/mol. The smallest absolute Gasteiger partial charge is 0.0790 e. The summed E-state index contributed by atoms with van der Waals surface area (Å²) in [6, 6.07) is 5.17. The van der Waals surface area contributed by atoms with Crippen molar-refractivity contribution in [2.75, 3.05) is 20.6 Å². The Labute approximate surface area is 133 Å². The van der Waals surface area contributed by atoms with Crippen LogP contribution in [0.25, 0.3) is 0 Å². The highest BCUT2D eigenvalue weighted by atomic mass is 32.1. The van der Waals surface area contributed by atoms with Crippen LogP contribution in [0.1, 0.15) is 45.5 Å². The average Bonchev–Trinajstić information content (AvgIpc) is 2.94. The van der Waals surface area contributed by atoms with Crippen LogP contribution in [-0.4, -0.2) is 42.8 Å². The van der Waals surface area contributed by atoms with E-state index in [1.165, 1.54) is 4.88 Å². The fourth-order valence-electron chi connectivity index (χ4n) is 3.79. The van der Waals surface area contributed by atoms with E-state index in [9.17, 15) is 0 Å². The van der Waals surface area contributed by atoms with Gasteiger partial charge in [0.2, 0.25) is 0 Å². The summed E-state index contributed by atoms with van der Waals surface area (Å²) in [7, 11) is 4.27. The summed E-state index contributed by atoms with van der Waals surface area (Å²) in [4.78, 5) is 3.88. The van der Waals surface area contributed by atoms with E-state index in [4.69, 9.17) is 4.74 Å². The summed E-state index contributed by atoms with van der Waals surface area (Å²) < 4.78 is 6.34. The van der Waals surface area contributed by atoms with E-state index in [-0.39, 0.29) is 11.2 Å². The van der Waals surface area contributed by atoms with Crippen molar-refractivity contribution < 1.29 is 4.74 Å². The SMILES string of the molecule is CNC1C(CN(C)C(C)c2cccs2)C(C)(C)OC1(C)C. The van der Waals surface area contributed by atoms with Crippen LogP contribution >= 0.6 is 11.3 Å². The van der Waals surface area contributed by atoms with Crippen LogP contribution in [0.5, 0.6) is 0 Å². The molecule has 1 aliphatic heterocycles. The fourth-order valence-corrected chi connectivity index (χ4v) is 4.64. The topological polar surface area (TPSA) is 24.5 Å². The molecule has 4 heteroatoms. The third kappa shape index (κ3) is 3.34. The summed E-state index contributed by atoms with van der Waals surface area (Å²) in [5, 5.41) is 5.64. The summed E-state index contributed by atoms with van der Waals surface area (Å²) >= 11 is 1.83. The largest absolute Gasteiger partial charge is 0.368 e. The number of thiophene rings is 1. The van der Waals surface area contributed by atoms with E-state index in [1.54, 1.807) is 0 Å². The van der Waals surface area contributed by atoms with Crippen molar-refractivity contribution in [3.63, 3.8) is 0 Å². The first kappa shape index (κ1) is 16.9. The Morgan fingerprint density at radius 2 is 2.00 bits per heavy atom. The van der Waals surface area contributed by atoms with Gasteiger partial charge in [-0.1, -0.05) is 6.07 Å². The van der Waals surface area contributed by atoms with Gasteiger partial charge in [0.1, 0.15) is 0 Å². The lowest BCUT2D eigenvalue weighted by Gasteiger charge is -2.35. The molecule has 2 rings (SSSR count). The maximum absolute atomic E-state index is 6.34. The molecule has 0 radical (unpaired) electrons. The van der Waals surface area contributed by atoms with Crippen LogP contribution in [-0.2, 0) is 4.74 Å². The molecule has 0 aromatic carbocycles. The normalized spacial score (nSPS) is 29.0. The Hall–Kier alpha value is -0.420. The summed E-state index contributed by atoms with van der Waals surface area (Å²) in [6.45, 7) is 12.1. The zero-order valence-corrected chi connectivity index (χ0v) is 15.3. The van der Waals surface area contributed by atoms with Crippen molar-refractivity contribution in [2.24, 2.45) is 5.92 Å². The number of rotatable bonds is 5. The first-order chi connectivity index (χ1) is 9.69. The Bertz CT molecular complexity index is 455. The number of hydrogen-bond acceptors (Lipinski definition) is 4. The number of nitrogens with zero attached hydrogens (tertiary/aromatic N) is 1. The molecule has 0 aliphatic carbocycles. The van der Waals surface area contributed by atoms with E-state index in [0.717, 1.165) is 6.54 Å². The van der Waals surface area contributed by atoms with E-state index < -0.39 is 0 Å². The van der Waals surface area contributed by atoms with Crippen LogP contribution in [0.4, 0.5) is 0 Å². The maximum atomic E-state index is 6.34. The van der Waals surface area contributed by atoms with Gasteiger partial charge in [0.05, 0.1) is 11.2 Å². The highest BCUT2D eigenvalue weighted by molar-refractivity contribution is 7.10. The fraction of sp³-hybridized carbons (Fsp3) is 0.765. The van der Waals surface area contributed by atoms with Crippen LogP contribution < -0.4 is 5.32 Å². The minimum Gasteiger partial charge on any atom is -0.368 e. The molecule has 3 nitrogen and oxygen atoms in total. The minimum atomic E-state index is -0.129. The highest BCUT2D eigenvalue weighted by Gasteiger charge is 2.53. The Morgan fingerprint density at radius 1 is 1.33 bits per heavy atom. The third-order valence-corrected chi connectivity index (χ3v) is 6.02. The highest BCUT2D eigenvalue weighted by Crippen LogP contribution is 2.43. The lowest BCUT2D eigenvalue weighted by Crippen LogP contribution is -2.49. The van der Waals surface area contributed by atoms with Gasteiger partial charge in [-0.25, -0.2) is 0 Å². The monoisotopic (exact) mass is 310 g/mol. The first-order valence-electron chi connectivity index (χ1n) is 7.80. The van der Waals surface area contributed by atoms with E-state index in [2.05, 4.69) is 69.4 Å². The number of hydrogen-bond donors (Lipinski definition) is 1. The predicted octanol–water partition coefficient (Wildman–Crippen LogP) is 3.53. The second kappa shape index (κ2) is 5.99. The lowest BCUT2D eigenvalue weighted by molar-refractivity contribution is -0.0795. The molecule has 1 N–H and O–H groups in total. The second-order valence-electron chi connectivity index (χ2n) is 7.31. The molecule has 3 unspecified atom stereocenters. The summed E-state index contributed by atoms with van der Waals surface area (Å²) in [6.07, 6.45) is 0. The van der Waals surface area contributed by atoms with Gasteiger partial charge in [-0.2, -0.15) is 0 Å². The van der Waals surface area contributed by atoms with Crippen LogP contribution in [0.2, 0.25) is 0 Å². The molecule has 1 saturated heterocycles. The standard InChI is InChI=1S/C17H30N2OS/c1-12(14-9-8-10-21-14)19(7)11-13-15(18-6)17(4,5)20-16(13,2)3/h8-10,12-13,15,18H,11H2,1-7H3. The molecule has 1 fully saturated rings. The first-order valence-corrected chi connectivity index (χ1v) is 8.68. The molecular formula is C17H30N2OS. The zero-order chi connectivity index (χ0) is 15.8. The zero-order valence-electron chi connectivity index (χ0n) is 14.4. The lowest BCUT2D eigenvalue weighted by atomic mass is 9.82. The Morgan fingerprint density at radius 3 is 2.52 bits per heavy atom. The van der Waals surface area contributed by atoms with Gasteiger partial charge < -0.3 is 10.1 Å². The average molecular weight is 311 g/mol. The van der Waals surface area contributed by atoms with Crippen LogP contribution in [0.15, 0.2) is 17.5 Å². The molecule has 1 aromatic rings. The molecule has 0 bridgehead atoms. The van der Waals surface area contributed by atoms with E-state index in [0.29, 0.717) is 18.0 Å². The molecule has 1 aliphatic rings. The molecular weight excluding hydrogens is 280 g/mol. The van der Waals surface area contributed by atoms with Gasteiger partial charge in [0.15, 0.2) is 0 Å². The number of nitrogens with one attached hydrogen (secondary N) is 1. The Balaban J connectivity index is 2.13. The molecule has 120 valence electrons.